The Morgan fingerprint density at radius 2 is 2.19 bits per heavy atom. The molecule has 1 aliphatic heterocycles. The fourth-order valence-corrected chi connectivity index (χ4v) is 2.75. The van der Waals surface area contributed by atoms with Crippen LogP contribution in [0.3, 0.4) is 0 Å². The second-order valence-corrected chi connectivity index (χ2v) is 5.19. The molecule has 0 fully saturated rings. The van der Waals surface area contributed by atoms with Crippen molar-refractivity contribution in [2.24, 2.45) is 5.92 Å². The summed E-state index contributed by atoms with van der Waals surface area (Å²) in [5.74, 6) is 0.643. The first kappa shape index (κ1) is 13.7. The van der Waals surface area contributed by atoms with Crippen LogP contribution in [0.5, 0.6) is 0 Å². The lowest BCUT2D eigenvalue weighted by atomic mass is 10.0. The zero-order chi connectivity index (χ0) is 14.8. The van der Waals surface area contributed by atoms with Gasteiger partial charge in [0.2, 0.25) is 0 Å². The third-order valence-corrected chi connectivity index (χ3v) is 3.72. The molecule has 5 heteroatoms. The predicted molar refractivity (Wildman–Crippen MR) is 81.0 cm³/mol. The SMILES string of the molecule is CCOC(=O)C1CNc2c(-c3ccccc3)c(C)nn2C1. The van der Waals surface area contributed by atoms with E-state index in [0.717, 1.165) is 22.6 Å². The number of fused-ring (bicyclic) bond motifs is 1. The highest BCUT2D eigenvalue weighted by atomic mass is 16.5. The van der Waals surface area contributed by atoms with E-state index in [9.17, 15) is 4.79 Å². The second kappa shape index (κ2) is 5.60. The summed E-state index contributed by atoms with van der Waals surface area (Å²) in [5, 5.41) is 7.91. The number of nitrogens with one attached hydrogen (secondary N) is 1. The van der Waals surface area contributed by atoms with Gasteiger partial charge in [-0.2, -0.15) is 5.10 Å². The molecule has 1 unspecified atom stereocenters. The van der Waals surface area contributed by atoms with Gasteiger partial charge in [0.15, 0.2) is 0 Å². The topological polar surface area (TPSA) is 56.1 Å². The lowest BCUT2D eigenvalue weighted by Crippen LogP contribution is -2.34. The van der Waals surface area contributed by atoms with Crippen LogP contribution in [0.2, 0.25) is 0 Å². The van der Waals surface area contributed by atoms with Crippen molar-refractivity contribution in [3.05, 3.63) is 36.0 Å². The fraction of sp³-hybridized carbons (Fsp3) is 0.375. The highest BCUT2D eigenvalue weighted by Gasteiger charge is 2.29. The lowest BCUT2D eigenvalue weighted by molar-refractivity contribution is -0.148. The molecule has 1 aromatic carbocycles. The number of ether oxygens (including phenoxy) is 1. The smallest absolute Gasteiger partial charge is 0.312 e. The summed E-state index contributed by atoms with van der Waals surface area (Å²) in [7, 11) is 0. The molecule has 2 heterocycles. The minimum Gasteiger partial charge on any atom is -0.466 e. The number of rotatable bonds is 3. The first-order chi connectivity index (χ1) is 10.2. The molecule has 110 valence electrons. The standard InChI is InChI=1S/C16H19N3O2/c1-3-21-16(20)13-9-17-15-14(11(2)18-19(15)10-13)12-7-5-4-6-8-12/h4-8,13,17H,3,9-10H2,1-2H3. The average molecular weight is 285 g/mol. The molecule has 1 aromatic heterocycles. The molecule has 5 nitrogen and oxygen atoms in total. The van der Waals surface area contributed by atoms with E-state index in [1.54, 1.807) is 0 Å². The molecule has 1 N–H and O–H groups in total. The Labute approximate surface area is 123 Å². The van der Waals surface area contributed by atoms with E-state index >= 15 is 0 Å². The largest absolute Gasteiger partial charge is 0.466 e. The lowest BCUT2D eigenvalue weighted by Gasteiger charge is -2.24. The molecule has 0 saturated carbocycles. The van der Waals surface area contributed by atoms with Gasteiger partial charge in [0, 0.05) is 12.1 Å². The van der Waals surface area contributed by atoms with Crippen molar-refractivity contribution in [2.75, 3.05) is 18.5 Å². The Hall–Kier alpha value is -2.30. The number of hydrogen-bond donors (Lipinski definition) is 1. The number of carbonyl (C=O) groups is 1. The van der Waals surface area contributed by atoms with E-state index in [1.807, 2.05) is 36.7 Å². The molecule has 2 aromatic rings. The van der Waals surface area contributed by atoms with Crippen molar-refractivity contribution in [1.82, 2.24) is 9.78 Å². The van der Waals surface area contributed by atoms with E-state index in [-0.39, 0.29) is 11.9 Å². The molecular formula is C16H19N3O2. The van der Waals surface area contributed by atoms with E-state index in [0.29, 0.717) is 19.7 Å². The van der Waals surface area contributed by atoms with Gasteiger partial charge >= 0.3 is 5.97 Å². The number of esters is 1. The van der Waals surface area contributed by atoms with Gasteiger partial charge in [-0.25, -0.2) is 4.68 Å². The molecule has 3 rings (SSSR count). The Morgan fingerprint density at radius 3 is 2.90 bits per heavy atom. The first-order valence-corrected chi connectivity index (χ1v) is 7.24. The number of nitrogens with zero attached hydrogens (tertiary/aromatic N) is 2. The summed E-state index contributed by atoms with van der Waals surface area (Å²) in [6, 6.07) is 10.2. The molecule has 0 amide bonds. The van der Waals surface area contributed by atoms with Crippen molar-refractivity contribution < 1.29 is 9.53 Å². The number of anilines is 1. The molecule has 0 spiro atoms. The predicted octanol–water partition coefficient (Wildman–Crippen LogP) is 2.46. The van der Waals surface area contributed by atoms with Crippen molar-refractivity contribution >= 4 is 11.8 Å². The fourth-order valence-electron chi connectivity index (χ4n) is 2.75. The van der Waals surface area contributed by atoms with Crippen molar-refractivity contribution in [2.45, 2.75) is 20.4 Å². The third kappa shape index (κ3) is 2.51. The van der Waals surface area contributed by atoms with Gasteiger partial charge in [-0.1, -0.05) is 30.3 Å². The van der Waals surface area contributed by atoms with Crippen LogP contribution in [-0.2, 0) is 16.1 Å². The highest BCUT2D eigenvalue weighted by molar-refractivity contribution is 5.80. The summed E-state index contributed by atoms with van der Waals surface area (Å²) in [5.41, 5.74) is 3.21. The zero-order valence-electron chi connectivity index (χ0n) is 12.3. The average Bonchev–Trinajstić information content (AvgIpc) is 2.83. The quantitative estimate of drug-likeness (QED) is 0.880. The summed E-state index contributed by atoms with van der Waals surface area (Å²) < 4.78 is 6.98. The monoisotopic (exact) mass is 285 g/mol. The summed E-state index contributed by atoms with van der Waals surface area (Å²) in [4.78, 5) is 11.9. The van der Waals surface area contributed by atoms with Gasteiger partial charge in [0.1, 0.15) is 5.82 Å². The van der Waals surface area contributed by atoms with Crippen LogP contribution in [0.25, 0.3) is 11.1 Å². The number of aromatic nitrogens is 2. The van der Waals surface area contributed by atoms with E-state index < -0.39 is 0 Å². The summed E-state index contributed by atoms with van der Waals surface area (Å²) in [6.45, 7) is 5.38. The Morgan fingerprint density at radius 1 is 1.43 bits per heavy atom. The minimum absolute atomic E-state index is 0.162. The number of carbonyl (C=O) groups excluding carboxylic acids is 1. The van der Waals surface area contributed by atoms with Crippen LogP contribution in [-0.4, -0.2) is 28.9 Å². The molecule has 0 bridgehead atoms. The van der Waals surface area contributed by atoms with Crippen LogP contribution >= 0.6 is 0 Å². The first-order valence-electron chi connectivity index (χ1n) is 7.24. The van der Waals surface area contributed by atoms with Crippen LogP contribution < -0.4 is 5.32 Å². The van der Waals surface area contributed by atoms with E-state index in [4.69, 9.17) is 4.74 Å². The maximum atomic E-state index is 11.9. The van der Waals surface area contributed by atoms with Crippen LogP contribution in [0.15, 0.2) is 30.3 Å². The zero-order valence-corrected chi connectivity index (χ0v) is 12.3. The number of hydrogen-bond acceptors (Lipinski definition) is 4. The maximum absolute atomic E-state index is 11.9. The van der Waals surface area contributed by atoms with E-state index in [1.165, 1.54) is 0 Å². The van der Waals surface area contributed by atoms with Gasteiger partial charge in [-0.05, 0) is 19.4 Å². The molecule has 0 aliphatic carbocycles. The van der Waals surface area contributed by atoms with Crippen molar-refractivity contribution in [3.8, 4) is 11.1 Å². The third-order valence-electron chi connectivity index (χ3n) is 3.72. The summed E-state index contributed by atoms with van der Waals surface area (Å²) in [6.07, 6.45) is 0. The Balaban J connectivity index is 1.91. The van der Waals surface area contributed by atoms with Crippen molar-refractivity contribution in [3.63, 3.8) is 0 Å². The van der Waals surface area contributed by atoms with Crippen LogP contribution in [0.4, 0.5) is 5.82 Å². The van der Waals surface area contributed by atoms with Gasteiger partial charge in [0.25, 0.3) is 0 Å². The van der Waals surface area contributed by atoms with Gasteiger partial charge in [-0.3, -0.25) is 4.79 Å². The molecule has 21 heavy (non-hydrogen) atoms. The molecule has 1 aliphatic rings. The van der Waals surface area contributed by atoms with Crippen LogP contribution in [0, 0.1) is 12.8 Å². The van der Waals surface area contributed by atoms with Gasteiger partial charge in [-0.15, -0.1) is 0 Å². The maximum Gasteiger partial charge on any atom is 0.312 e. The van der Waals surface area contributed by atoms with Gasteiger partial charge in [0.05, 0.1) is 24.8 Å². The molecule has 1 atom stereocenters. The Bertz CT molecular complexity index is 649. The molecule has 0 radical (unpaired) electrons. The second-order valence-electron chi connectivity index (χ2n) is 5.19. The molecular weight excluding hydrogens is 266 g/mol. The van der Waals surface area contributed by atoms with Crippen LogP contribution in [0.1, 0.15) is 12.6 Å². The number of aryl methyl sites for hydroxylation is 1. The number of benzene rings is 1. The highest BCUT2D eigenvalue weighted by Crippen LogP contribution is 2.33. The molecule has 0 saturated heterocycles. The van der Waals surface area contributed by atoms with Gasteiger partial charge < -0.3 is 10.1 Å². The minimum atomic E-state index is -0.180. The normalized spacial score (nSPS) is 17.0. The Kier molecular flexibility index (Phi) is 3.64. The van der Waals surface area contributed by atoms with Crippen molar-refractivity contribution in [1.29, 1.82) is 0 Å². The van der Waals surface area contributed by atoms with E-state index in [2.05, 4.69) is 22.5 Å². The summed E-state index contributed by atoms with van der Waals surface area (Å²) >= 11 is 0.